The van der Waals surface area contributed by atoms with Crippen LogP contribution in [0.1, 0.15) is 48.5 Å². The zero-order chi connectivity index (χ0) is 15.0. The first-order valence-corrected chi connectivity index (χ1v) is 7.62. The van der Waals surface area contributed by atoms with Crippen LogP contribution in [0, 0.1) is 0 Å². The van der Waals surface area contributed by atoms with Crippen LogP contribution in [-0.2, 0) is 17.7 Å². The van der Waals surface area contributed by atoms with Crippen molar-refractivity contribution in [2.24, 2.45) is 0 Å². The predicted molar refractivity (Wildman–Crippen MR) is 82.8 cm³/mol. The summed E-state index contributed by atoms with van der Waals surface area (Å²) in [6.07, 6.45) is 0.879. The first-order valence-electron chi connectivity index (χ1n) is 6.80. The Balaban J connectivity index is 0.000000741. The fourth-order valence-corrected chi connectivity index (χ4v) is 3.06. The average molecular weight is 286 g/mol. The van der Waals surface area contributed by atoms with E-state index in [2.05, 4.69) is 11.9 Å². The standard InChI is InChI=1S/C10H14N2O2S.2C2H6/c1-12-4-3-6-7(5-12)15-9(11)8(6)10(13)14-2;2*1-2/h3-5,11H2,1-2H3;2*1-2H3. The fraction of sp³-hybridized carbons (Fsp3) is 0.643. The molecule has 1 aliphatic rings. The molecule has 0 bridgehead atoms. The van der Waals surface area contributed by atoms with Gasteiger partial charge in [-0.25, -0.2) is 4.79 Å². The number of thiophene rings is 1. The van der Waals surface area contributed by atoms with E-state index >= 15 is 0 Å². The van der Waals surface area contributed by atoms with Gasteiger partial charge in [0.2, 0.25) is 0 Å². The van der Waals surface area contributed by atoms with Gasteiger partial charge in [0.1, 0.15) is 5.00 Å². The maximum absolute atomic E-state index is 11.5. The van der Waals surface area contributed by atoms with Gasteiger partial charge in [0.05, 0.1) is 12.7 Å². The normalized spacial score (nSPS) is 13.4. The Hall–Kier alpha value is -1.07. The van der Waals surface area contributed by atoms with Crippen molar-refractivity contribution in [3.63, 3.8) is 0 Å². The molecule has 19 heavy (non-hydrogen) atoms. The molecule has 1 aromatic heterocycles. The number of nitrogen functional groups attached to an aromatic ring is 1. The summed E-state index contributed by atoms with van der Waals surface area (Å²) in [5, 5.41) is 0.585. The number of hydrogen-bond acceptors (Lipinski definition) is 5. The number of esters is 1. The number of carbonyl (C=O) groups is 1. The van der Waals surface area contributed by atoms with Crippen molar-refractivity contribution in [3.8, 4) is 0 Å². The Morgan fingerprint density at radius 1 is 1.32 bits per heavy atom. The SMILES string of the molecule is CC.CC.COC(=O)c1c(N)sc2c1CCN(C)C2. The summed E-state index contributed by atoms with van der Waals surface area (Å²) < 4.78 is 4.74. The van der Waals surface area contributed by atoms with Gasteiger partial charge in [-0.1, -0.05) is 27.7 Å². The molecule has 0 spiro atoms. The van der Waals surface area contributed by atoms with Gasteiger partial charge in [-0.3, -0.25) is 0 Å². The first-order chi connectivity index (χ1) is 9.13. The number of nitrogens with zero attached hydrogens (tertiary/aromatic N) is 1. The molecule has 0 saturated heterocycles. The van der Waals surface area contributed by atoms with Crippen LogP contribution >= 0.6 is 11.3 Å². The highest BCUT2D eigenvalue weighted by atomic mass is 32.1. The van der Waals surface area contributed by atoms with Gasteiger partial charge in [0, 0.05) is 18.0 Å². The van der Waals surface area contributed by atoms with Crippen LogP contribution < -0.4 is 5.73 Å². The summed E-state index contributed by atoms with van der Waals surface area (Å²) in [5.41, 5.74) is 7.52. The van der Waals surface area contributed by atoms with Crippen molar-refractivity contribution in [2.45, 2.75) is 40.7 Å². The fourth-order valence-electron chi connectivity index (χ4n) is 1.88. The molecule has 0 unspecified atom stereocenters. The van der Waals surface area contributed by atoms with Gasteiger partial charge in [-0.2, -0.15) is 0 Å². The van der Waals surface area contributed by atoms with E-state index in [-0.39, 0.29) is 5.97 Å². The lowest BCUT2D eigenvalue weighted by Crippen LogP contribution is -2.26. The Morgan fingerprint density at radius 3 is 2.42 bits per heavy atom. The quantitative estimate of drug-likeness (QED) is 0.806. The monoisotopic (exact) mass is 286 g/mol. The number of rotatable bonds is 1. The molecule has 1 aromatic rings. The van der Waals surface area contributed by atoms with Crippen LogP contribution in [0.5, 0.6) is 0 Å². The molecule has 2 N–H and O–H groups in total. The number of carbonyl (C=O) groups excluding carboxylic acids is 1. The number of anilines is 1. The number of hydrogen-bond donors (Lipinski definition) is 1. The van der Waals surface area contributed by atoms with Gasteiger partial charge in [-0.15, -0.1) is 11.3 Å². The highest BCUT2D eigenvalue weighted by Crippen LogP contribution is 2.34. The molecule has 5 heteroatoms. The largest absolute Gasteiger partial charge is 0.465 e. The molecule has 0 amide bonds. The molecule has 0 atom stereocenters. The molecule has 0 aliphatic carbocycles. The second kappa shape index (κ2) is 8.93. The molecule has 2 heterocycles. The van der Waals surface area contributed by atoms with E-state index in [9.17, 15) is 4.79 Å². The summed E-state index contributed by atoms with van der Waals surface area (Å²) in [6.45, 7) is 9.84. The minimum absolute atomic E-state index is 0.311. The lowest BCUT2D eigenvalue weighted by Gasteiger charge is -2.22. The van der Waals surface area contributed by atoms with Crippen LogP contribution in [0.25, 0.3) is 0 Å². The molecule has 0 fully saturated rings. The second-order valence-corrected chi connectivity index (χ2v) is 4.86. The number of methoxy groups -OCH3 is 1. The molecular formula is C14H26N2O2S. The van der Waals surface area contributed by atoms with E-state index in [0.717, 1.165) is 25.1 Å². The molecule has 0 saturated carbocycles. The third-order valence-electron chi connectivity index (χ3n) is 2.66. The number of ether oxygens (including phenoxy) is 1. The van der Waals surface area contributed by atoms with E-state index in [1.165, 1.54) is 23.3 Å². The maximum Gasteiger partial charge on any atom is 0.341 e. The summed E-state index contributed by atoms with van der Waals surface area (Å²) in [6, 6.07) is 0. The minimum Gasteiger partial charge on any atom is -0.465 e. The van der Waals surface area contributed by atoms with Crippen molar-refractivity contribution >= 4 is 22.3 Å². The molecule has 4 nitrogen and oxygen atoms in total. The Bertz CT molecular complexity index is 402. The summed E-state index contributed by atoms with van der Waals surface area (Å²) in [7, 11) is 3.46. The number of nitrogens with two attached hydrogens (primary N) is 1. The van der Waals surface area contributed by atoms with Gasteiger partial charge < -0.3 is 15.4 Å². The Morgan fingerprint density at radius 2 is 1.89 bits per heavy atom. The minimum atomic E-state index is -0.311. The third-order valence-corrected chi connectivity index (χ3v) is 3.71. The van der Waals surface area contributed by atoms with Crippen LogP contribution in [0.4, 0.5) is 5.00 Å². The van der Waals surface area contributed by atoms with E-state index in [1.807, 2.05) is 27.7 Å². The Kier molecular flexibility index (Phi) is 8.43. The topological polar surface area (TPSA) is 55.6 Å². The van der Waals surface area contributed by atoms with E-state index < -0.39 is 0 Å². The maximum atomic E-state index is 11.5. The zero-order valence-corrected chi connectivity index (χ0v) is 13.7. The lowest BCUT2D eigenvalue weighted by atomic mass is 10.0. The zero-order valence-electron chi connectivity index (χ0n) is 12.9. The van der Waals surface area contributed by atoms with Crippen LogP contribution in [-0.4, -0.2) is 31.6 Å². The lowest BCUT2D eigenvalue weighted by molar-refractivity contribution is 0.0600. The summed E-state index contributed by atoms with van der Waals surface area (Å²) in [5.74, 6) is -0.311. The molecule has 1 aliphatic heterocycles. The van der Waals surface area contributed by atoms with Crippen molar-refractivity contribution < 1.29 is 9.53 Å². The molecule has 110 valence electrons. The predicted octanol–water partition coefficient (Wildman–Crippen LogP) is 3.16. The highest BCUT2D eigenvalue weighted by Gasteiger charge is 2.25. The van der Waals surface area contributed by atoms with Crippen LogP contribution in [0.15, 0.2) is 0 Å². The molecule has 0 aromatic carbocycles. The summed E-state index contributed by atoms with van der Waals surface area (Å²) in [4.78, 5) is 15.0. The van der Waals surface area contributed by atoms with Gasteiger partial charge in [0.25, 0.3) is 0 Å². The smallest absolute Gasteiger partial charge is 0.341 e. The van der Waals surface area contributed by atoms with Crippen LogP contribution in [0.3, 0.4) is 0 Å². The molecule has 2 rings (SSSR count). The van der Waals surface area contributed by atoms with E-state index in [0.29, 0.717) is 10.6 Å². The van der Waals surface area contributed by atoms with Crippen molar-refractivity contribution in [2.75, 3.05) is 26.4 Å². The Labute approximate surface area is 120 Å². The molecular weight excluding hydrogens is 260 g/mol. The summed E-state index contributed by atoms with van der Waals surface area (Å²) >= 11 is 1.50. The highest BCUT2D eigenvalue weighted by molar-refractivity contribution is 7.16. The number of fused-ring (bicyclic) bond motifs is 1. The van der Waals surface area contributed by atoms with Gasteiger partial charge >= 0.3 is 5.97 Å². The van der Waals surface area contributed by atoms with Gasteiger partial charge in [0.15, 0.2) is 0 Å². The van der Waals surface area contributed by atoms with Crippen molar-refractivity contribution in [3.05, 3.63) is 16.0 Å². The molecule has 0 radical (unpaired) electrons. The van der Waals surface area contributed by atoms with E-state index in [4.69, 9.17) is 10.5 Å². The first kappa shape index (κ1) is 17.9. The number of likely N-dealkylation sites (N-methyl/N-ethyl adjacent to an activating group) is 1. The van der Waals surface area contributed by atoms with Crippen LogP contribution in [0.2, 0.25) is 0 Å². The second-order valence-electron chi connectivity index (χ2n) is 3.72. The van der Waals surface area contributed by atoms with Crippen molar-refractivity contribution in [1.29, 1.82) is 0 Å². The third kappa shape index (κ3) is 4.21. The van der Waals surface area contributed by atoms with Crippen molar-refractivity contribution in [1.82, 2.24) is 4.90 Å². The average Bonchev–Trinajstić information content (AvgIpc) is 2.77. The van der Waals surface area contributed by atoms with E-state index in [1.54, 1.807) is 0 Å². The van der Waals surface area contributed by atoms with Gasteiger partial charge in [-0.05, 0) is 19.0 Å².